The number of aryl methyl sites for hydroxylation is 1. The summed E-state index contributed by atoms with van der Waals surface area (Å²) in [5.74, 6) is 0. The van der Waals surface area contributed by atoms with Crippen molar-refractivity contribution in [1.82, 2.24) is 0 Å². The molecule has 1 rings (SSSR count). The third-order valence-corrected chi connectivity index (χ3v) is 4.88. The Labute approximate surface area is 123 Å². The zero-order chi connectivity index (χ0) is 13.9. The Morgan fingerprint density at radius 3 is 2.05 bits per heavy atom. The highest BCUT2D eigenvalue weighted by Crippen LogP contribution is 2.25. The van der Waals surface area contributed by atoms with E-state index in [2.05, 4.69) is 26.0 Å². The molecule has 19 heavy (non-hydrogen) atoms. The highest BCUT2D eigenvalue weighted by atomic mass is 32.1. The van der Waals surface area contributed by atoms with E-state index in [1.165, 1.54) is 67.5 Å². The van der Waals surface area contributed by atoms with Crippen molar-refractivity contribution in [2.75, 3.05) is 0 Å². The molecule has 0 bridgehead atoms. The predicted octanol–water partition coefficient (Wildman–Crippen LogP) is 5.98. The van der Waals surface area contributed by atoms with Gasteiger partial charge in [-0.2, -0.15) is 0 Å². The SMILES string of the molecule is CCCCCCCCCCCC(N)c1ccc(C)s1. The fraction of sp³-hybridized carbons (Fsp3) is 0.765. The van der Waals surface area contributed by atoms with E-state index in [0.717, 1.165) is 6.42 Å². The molecule has 0 aliphatic carbocycles. The fourth-order valence-corrected chi connectivity index (χ4v) is 3.38. The van der Waals surface area contributed by atoms with Crippen LogP contribution in [-0.2, 0) is 0 Å². The van der Waals surface area contributed by atoms with Crippen LogP contribution < -0.4 is 5.73 Å². The maximum atomic E-state index is 6.21. The highest BCUT2D eigenvalue weighted by molar-refractivity contribution is 7.12. The summed E-state index contributed by atoms with van der Waals surface area (Å²) in [6, 6.07) is 4.64. The smallest absolute Gasteiger partial charge is 0.0389 e. The summed E-state index contributed by atoms with van der Waals surface area (Å²) in [6.45, 7) is 4.43. The molecule has 0 radical (unpaired) electrons. The van der Waals surface area contributed by atoms with Gasteiger partial charge < -0.3 is 5.73 Å². The normalized spacial score (nSPS) is 12.8. The standard InChI is InChI=1S/C17H31NS/c1-3-4-5-6-7-8-9-10-11-12-16(18)17-14-13-15(2)19-17/h13-14,16H,3-12,18H2,1-2H3. The first-order valence-electron chi connectivity index (χ1n) is 8.06. The van der Waals surface area contributed by atoms with Crippen molar-refractivity contribution in [3.8, 4) is 0 Å². The first kappa shape index (κ1) is 16.7. The fourth-order valence-electron chi connectivity index (χ4n) is 2.47. The van der Waals surface area contributed by atoms with Crippen molar-refractivity contribution in [3.63, 3.8) is 0 Å². The van der Waals surface area contributed by atoms with Gasteiger partial charge in [-0.1, -0.05) is 64.7 Å². The quantitative estimate of drug-likeness (QED) is 0.496. The number of nitrogens with two attached hydrogens (primary N) is 1. The zero-order valence-corrected chi connectivity index (χ0v) is 13.6. The summed E-state index contributed by atoms with van der Waals surface area (Å²) in [6.07, 6.45) is 13.6. The second-order valence-electron chi connectivity index (χ2n) is 5.67. The average Bonchev–Trinajstić information content (AvgIpc) is 2.83. The van der Waals surface area contributed by atoms with Crippen LogP contribution in [0.2, 0.25) is 0 Å². The lowest BCUT2D eigenvalue weighted by molar-refractivity contribution is 0.535. The van der Waals surface area contributed by atoms with Crippen molar-refractivity contribution in [3.05, 3.63) is 21.9 Å². The molecule has 1 nitrogen and oxygen atoms in total. The molecule has 0 amide bonds. The van der Waals surface area contributed by atoms with Crippen LogP contribution in [0.1, 0.15) is 86.9 Å². The molecule has 0 aliphatic rings. The van der Waals surface area contributed by atoms with Crippen LogP contribution in [0.25, 0.3) is 0 Å². The van der Waals surface area contributed by atoms with Crippen LogP contribution in [0.5, 0.6) is 0 Å². The summed E-state index contributed by atoms with van der Waals surface area (Å²) in [7, 11) is 0. The minimum atomic E-state index is 0.267. The Hall–Kier alpha value is -0.340. The van der Waals surface area contributed by atoms with Gasteiger partial charge in [0.15, 0.2) is 0 Å². The highest BCUT2D eigenvalue weighted by Gasteiger charge is 2.07. The Kier molecular flexibility index (Phi) is 9.19. The lowest BCUT2D eigenvalue weighted by Crippen LogP contribution is -2.08. The number of rotatable bonds is 11. The lowest BCUT2D eigenvalue weighted by Gasteiger charge is -2.09. The topological polar surface area (TPSA) is 26.0 Å². The molecule has 1 heterocycles. The molecule has 0 spiro atoms. The third-order valence-electron chi connectivity index (χ3n) is 3.75. The van der Waals surface area contributed by atoms with Crippen molar-refractivity contribution < 1.29 is 0 Å². The third kappa shape index (κ3) is 7.74. The molecule has 1 aromatic rings. The van der Waals surface area contributed by atoms with Gasteiger partial charge in [0.2, 0.25) is 0 Å². The zero-order valence-electron chi connectivity index (χ0n) is 12.8. The summed E-state index contributed by atoms with van der Waals surface area (Å²) < 4.78 is 0. The van der Waals surface area contributed by atoms with Gasteiger partial charge in [-0.3, -0.25) is 0 Å². The molecule has 2 heteroatoms. The average molecular weight is 282 g/mol. The molecule has 0 aliphatic heterocycles. The van der Waals surface area contributed by atoms with E-state index in [1.54, 1.807) is 0 Å². The van der Waals surface area contributed by atoms with Gasteiger partial charge in [0.05, 0.1) is 0 Å². The minimum absolute atomic E-state index is 0.267. The maximum absolute atomic E-state index is 6.21. The predicted molar refractivity (Wildman–Crippen MR) is 87.8 cm³/mol. The van der Waals surface area contributed by atoms with Gasteiger partial charge in [0.25, 0.3) is 0 Å². The van der Waals surface area contributed by atoms with Crippen LogP contribution in [0.15, 0.2) is 12.1 Å². The number of hydrogen-bond donors (Lipinski definition) is 1. The number of unbranched alkanes of at least 4 members (excludes halogenated alkanes) is 8. The van der Waals surface area contributed by atoms with Crippen LogP contribution in [-0.4, -0.2) is 0 Å². The van der Waals surface area contributed by atoms with Crippen molar-refractivity contribution in [2.24, 2.45) is 5.73 Å². The Morgan fingerprint density at radius 1 is 0.947 bits per heavy atom. The number of thiophene rings is 1. The molecule has 0 aromatic carbocycles. The van der Waals surface area contributed by atoms with E-state index in [4.69, 9.17) is 5.73 Å². The first-order valence-corrected chi connectivity index (χ1v) is 8.87. The van der Waals surface area contributed by atoms with Crippen molar-refractivity contribution in [1.29, 1.82) is 0 Å². The van der Waals surface area contributed by atoms with Gasteiger partial charge in [-0.25, -0.2) is 0 Å². The van der Waals surface area contributed by atoms with Gasteiger partial charge in [0, 0.05) is 15.8 Å². The molecule has 2 N–H and O–H groups in total. The Bertz CT molecular complexity index is 319. The molecule has 0 saturated heterocycles. The monoisotopic (exact) mass is 281 g/mol. The van der Waals surface area contributed by atoms with Crippen LogP contribution in [0.3, 0.4) is 0 Å². The van der Waals surface area contributed by atoms with Gasteiger partial charge in [-0.05, 0) is 25.5 Å². The molecular formula is C17H31NS. The Morgan fingerprint density at radius 2 is 1.53 bits per heavy atom. The van der Waals surface area contributed by atoms with E-state index in [-0.39, 0.29) is 6.04 Å². The summed E-state index contributed by atoms with van der Waals surface area (Å²) >= 11 is 1.85. The van der Waals surface area contributed by atoms with E-state index >= 15 is 0 Å². The summed E-state index contributed by atoms with van der Waals surface area (Å²) in [4.78, 5) is 2.73. The van der Waals surface area contributed by atoms with E-state index < -0.39 is 0 Å². The van der Waals surface area contributed by atoms with E-state index in [1.807, 2.05) is 11.3 Å². The molecule has 1 atom stereocenters. The molecule has 0 fully saturated rings. The summed E-state index contributed by atoms with van der Waals surface area (Å²) in [5, 5.41) is 0. The molecule has 1 unspecified atom stereocenters. The second kappa shape index (κ2) is 10.4. The first-order chi connectivity index (χ1) is 9.24. The lowest BCUT2D eigenvalue weighted by atomic mass is 10.0. The molecule has 1 aromatic heterocycles. The van der Waals surface area contributed by atoms with Crippen molar-refractivity contribution >= 4 is 11.3 Å². The molecular weight excluding hydrogens is 250 g/mol. The molecule has 110 valence electrons. The van der Waals surface area contributed by atoms with Crippen LogP contribution >= 0.6 is 11.3 Å². The van der Waals surface area contributed by atoms with E-state index in [9.17, 15) is 0 Å². The second-order valence-corrected chi connectivity index (χ2v) is 6.99. The van der Waals surface area contributed by atoms with E-state index in [0.29, 0.717) is 0 Å². The van der Waals surface area contributed by atoms with Gasteiger partial charge in [0.1, 0.15) is 0 Å². The van der Waals surface area contributed by atoms with Crippen LogP contribution in [0, 0.1) is 6.92 Å². The minimum Gasteiger partial charge on any atom is -0.323 e. The Balaban J connectivity index is 1.93. The number of hydrogen-bond acceptors (Lipinski definition) is 2. The van der Waals surface area contributed by atoms with Gasteiger partial charge in [-0.15, -0.1) is 11.3 Å². The van der Waals surface area contributed by atoms with Crippen LogP contribution in [0.4, 0.5) is 0 Å². The largest absolute Gasteiger partial charge is 0.323 e. The van der Waals surface area contributed by atoms with Crippen molar-refractivity contribution in [2.45, 2.75) is 84.1 Å². The van der Waals surface area contributed by atoms with Gasteiger partial charge >= 0.3 is 0 Å². The maximum Gasteiger partial charge on any atom is 0.0389 e. The molecule has 0 saturated carbocycles. The summed E-state index contributed by atoms with van der Waals surface area (Å²) in [5.41, 5.74) is 6.21.